The molecule has 1 aliphatic rings. The summed E-state index contributed by atoms with van der Waals surface area (Å²) in [5, 5.41) is -0.00415. The van der Waals surface area contributed by atoms with Crippen LogP contribution in [0.2, 0.25) is 5.02 Å². The molecule has 1 aliphatic carbocycles. The van der Waals surface area contributed by atoms with Gasteiger partial charge in [-0.1, -0.05) is 31.4 Å². The average Bonchev–Trinajstić information content (AvgIpc) is 2.45. The van der Waals surface area contributed by atoms with Gasteiger partial charge in [-0.05, 0) is 59.7 Å². The quantitative estimate of drug-likeness (QED) is 0.472. The van der Waals surface area contributed by atoms with Crippen LogP contribution in [0.1, 0.15) is 55.8 Å². The first-order valence-electron chi connectivity index (χ1n) is 7.22. The molecule has 0 atom stereocenters. The Labute approximate surface area is 133 Å². The lowest BCUT2D eigenvalue weighted by Crippen LogP contribution is -2.22. The number of ketones is 1. The Balaban J connectivity index is 2.08. The first-order valence-corrected chi connectivity index (χ1v) is 8.39. The van der Waals surface area contributed by atoms with Gasteiger partial charge in [0.1, 0.15) is 0 Å². The molecule has 1 aromatic carbocycles. The summed E-state index contributed by atoms with van der Waals surface area (Å²) in [5.41, 5.74) is 0.136. The molecule has 0 aromatic heterocycles. The standard InChI is InChI=1S/C16H19BrClFO/c1-2-3-10-4-6-11(7-5-10)16(20)12-8-9-13(17)14(18)15(12)19/h8-11H,2-7H2,1H3. The van der Waals surface area contributed by atoms with E-state index in [-0.39, 0.29) is 22.3 Å². The third-order valence-corrected chi connectivity index (χ3v) is 5.47. The summed E-state index contributed by atoms with van der Waals surface area (Å²) in [6.45, 7) is 2.19. The molecule has 0 heterocycles. The topological polar surface area (TPSA) is 17.1 Å². The maximum Gasteiger partial charge on any atom is 0.168 e. The van der Waals surface area contributed by atoms with Crippen LogP contribution in [-0.4, -0.2) is 5.78 Å². The normalized spacial score (nSPS) is 22.8. The van der Waals surface area contributed by atoms with Crippen LogP contribution >= 0.6 is 27.5 Å². The van der Waals surface area contributed by atoms with Crippen LogP contribution in [-0.2, 0) is 0 Å². The molecule has 0 saturated heterocycles. The zero-order valence-corrected chi connectivity index (χ0v) is 13.9. The van der Waals surface area contributed by atoms with Gasteiger partial charge in [-0.25, -0.2) is 4.39 Å². The fraction of sp³-hybridized carbons (Fsp3) is 0.562. The van der Waals surface area contributed by atoms with E-state index in [4.69, 9.17) is 11.6 Å². The van der Waals surface area contributed by atoms with Gasteiger partial charge in [0, 0.05) is 10.4 Å². The molecule has 0 bridgehead atoms. The van der Waals surface area contributed by atoms with Crippen molar-refractivity contribution < 1.29 is 9.18 Å². The van der Waals surface area contributed by atoms with Crippen LogP contribution in [0.15, 0.2) is 16.6 Å². The summed E-state index contributed by atoms with van der Waals surface area (Å²) < 4.78 is 14.6. The zero-order chi connectivity index (χ0) is 14.7. The molecule has 1 fully saturated rings. The largest absolute Gasteiger partial charge is 0.294 e. The van der Waals surface area contributed by atoms with Gasteiger partial charge >= 0.3 is 0 Å². The maximum absolute atomic E-state index is 14.1. The first-order chi connectivity index (χ1) is 9.54. The molecule has 4 heteroatoms. The van der Waals surface area contributed by atoms with Gasteiger partial charge in [-0.2, -0.15) is 0 Å². The van der Waals surface area contributed by atoms with Gasteiger partial charge in [0.15, 0.2) is 11.6 Å². The van der Waals surface area contributed by atoms with Crippen molar-refractivity contribution in [2.45, 2.75) is 45.4 Å². The van der Waals surface area contributed by atoms with E-state index < -0.39 is 5.82 Å². The number of benzene rings is 1. The average molecular weight is 362 g/mol. The maximum atomic E-state index is 14.1. The molecule has 0 N–H and O–H groups in total. The monoisotopic (exact) mass is 360 g/mol. The molecular formula is C16H19BrClFO. The minimum absolute atomic E-state index is 0.00415. The lowest BCUT2D eigenvalue weighted by atomic mass is 9.77. The van der Waals surface area contributed by atoms with Gasteiger partial charge in [-0.3, -0.25) is 4.79 Å². The second-order valence-corrected chi connectivity index (χ2v) is 6.83. The van der Waals surface area contributed by atoms with Crippen LogP contribution < -0.4 is 0 Å². The molecule has 20 heavy (non-hydrogen) atoms. The molecule has 0 spiro atoms. The Morgan fingerprint density at radius 2 is 2.00 bits per heavy atom. The highest BCUT2D eigenvalue weighted by Gasteiger charge is 2.28. The van der Waals surface area contributed by atoms with Crippen molar-refractivity contribution >= 4 is 33.3 Å². The molecule has 0 radical (unpaired) electrons. The molecular weight excluding hydrogens is 343 g/mol. The SMILES string of the molecule is CCCC1CCC(C(=O)c2ccc(Br)c(Cl)c2F)CC1. The van der Waals surface area contributed by atoms with Gasteiger partial charge in [0.2, 0.25) is 0 Å². The van der Waals surface area contributed by atoms with E-state index in [1.165, 1.54) is 18.9 Å². The highest BCUT2D eigenvalue weighted by Crippen LogP contribution is 2.35. The Morgan fingerprint density at radius 3 is 2.60 bits per heavy atom. The summed E-state index contributed by atoms with van der Waals surface area (Å²) >= 11 is 9.02. The van der Waals surface area contributed by atoms with Crippen molar-refractivity contribution in [2.24, 2.45) is 11.8 Å². The van der Waals surface area contributed by atoms with Crippen LogP contribution in [0.5, 0.6) is 0 Å². The predicted octanol–water partition coefficient (Wildman–Crippen LogP) is 6.03. The zero-order valence-electron chi connectivity index (χ0n) is 11.6. The first kappa shape index (κ1) is 16.0. The summed E-state index contributed by atoms with van der Waals surface area (Å²) in [6, 6.07) is 3.17. The lowest BCUT2D eigenvalue weighted by Gasteiger charge is -2.27. The van der Waals surface area contributed by atoms with Gasteiger partial charge in [0.05, 0.1) is 10.6 Å². The highest BCUT2D eigenvalue weighted by atomic mass is 79.9. The molecule has 1 nitrogen and oxygen atoms in total. The number of Topliss-reactive ketones (excluding diaryl/α,β-unsaturated/α-hetero) is 1. The number of hydrogen-bond donors (Lipinski definition) is 0. The minimum atomic E-state index is -0.596. The molecule has 1 aromatic rings. The van der Waals surface area contributed by atoms with Crippen molar-refractivity contribution in [1.82, 2.24) is 0 Å². The Bertz CT molecular complexity index is 495. The molecule has 110 valence electrons. The number of rotatable bonds is 4. The van der Waals surface area contributed by atoms with Crippen LogP contribution in [0.3, 0.4) is 0 Å². The number of hydrogen-bond acceptors (Lipinski definition) is 1. The minimum Gasteiger partial charge on any atom is -0.294 e. The van der Waals surface area contributed by atoms with Crippen molar-refractivity contribution in [3.63, 3.8) is 0 Å². The number of halogens is 3. The number of carbonyl (C=O) groups excluding carboxylic acids is 1. The Morgan fingerprint density at radius 1 is 1.35 bits per heavy atom. The van der Waals surface area contributed by atoms with Gasteiger partial charge in [0.25, 0.3) is 0 Å². The van der Waals surface area contributed by atoms with Gasteiger partial charge < -0.3 is 0 Å². The van der Waals surface area contributed by atoms with Crippen LogP contribution in [0.25, 0.3) is 0 Å². The van der Waals surface area contributed by atoms with E-state index in [1.54, 1.807) is 6.07 Å². The van der Waals surface area contributed by atoms with E-state index in [0.29, 0.717) is 4.47 Å². The molecule has 2 rings (SSSR count). The smallest absolute Gasteiger partial charge is 0.168 e. The summed E-state index contributed by atoms with van der Waals surface area (Å²) in [6.07, 6.45) is 6.33. The van der Waals surface area contributed by atoms with E-state index in [0.717, 1.165) is 31.6 Å². The van der Waals surface area contributed by atoms with E-state index in [2.05, 4.69) is 22.9 Å². The molecule has 0 aliphatic heterocycles. The molecule has 0 amide bonds. The highest BCUT2D eigenvalue weighted by molar-refractivity contribution is 9.10. The summed E-state index contributed by atoms with van der Waals surface area (Å²) in [5.74, 6) is 0.00539. The second kappa shape index (κ2) is 7.04. The van der Waals surface area contributed by atoms with Crippen LogP contribution in [0, 0.1) is 17.7 Å². The van der Waals surface area contributed by atoms with E-state index in [9.17, 15) is 9.18 Å². The lowest BCUT2D eigenvalue weighted by molar-refractivity contribution is 0.0865. The van der Waals surface area contributed by atoms with Crippen LogP contribution in [0.4, 0.5) is 4.39 Å². The predicted molar refractivity (Wildman–Crippen MR) is 83.8 cm³/mol. The third kappa shape index (κ3) is 3.43. The fourth-order valence-electron chi connectivity index (χ4n) is 3.06. The third-order valence-electron chi connectivity index (χ3n) is 4.22. The second-order valence-electron chi connectivity index (χ2n) is 5.59. The van der Waals surface area contributed by atoms with E-state index in [1.807, 2.05) is 0 Å². The fourth-order valence-corrected chi connectivity index (χ4v) is 3.53. The van der Waals surface area contributed by atoms with Crippen molar-refractivity contribution in [2.75, 3.05) is 0 Å². The van der Waals surface area contributed by atoms with E-state index >= 15 is 0 Å². The number of carbonyl (C=O) groups is 1. The van der Waals surface area contributed by atoms with Crippen molar-refractivity contribution in [3.8, 4) is 0 Å². The Hall–Kier alpha value is -0.410. The van der Waals surface area contributed by atoms with Gasteiger partial charge in [-0.15, -0.1) is 0 Å². The Kier molecular flexibility index (Phi) is 5.62. The van der Waals surface area contributed by atoms with Crippen molar-refractivity contribution in [1.29, 1.82) is 0 Å². The molecule has 0 unspecified atom stereocenters. The molecule has 1 saturated carbocycles. The summed E-state index contributed by atoms with van der Waals surface area (Å²) in [4.78, 5) is 12.4. The van der Waals surface area contributed by atoms with Crippen molar-refractivity contribution in [3.05, 3.63) is 33.0 Å². The summed E-state index contributed by atoms with van der Waals surface area (Å²) in [7, 11) is 0.